The first-order chi connectivity index (χ1) is 20.7. The Morgan fingerprint density at radius 2 is 1.23 bits per heavy atom. The van der Waals surface area contributed by atoms with Gasteiger partial charge in [0.1, 0.15) is 5.75 Å². The van der Waals surface area contributed by atoms with Crippen molar-refractivity contribution in [3.8, 4) is 5.75 Å². The van der Waals surface area contributed by atoms with Crippen molar-refractivity contribution in [3.63, 3.8) is 0 Å². The summed E-state index contributed by atoms with van der Waals surface area (Å²) in [5.74, 6) is -10.3. The van der Waals surface area contributed by atoms with Crippen LogP contribution in [0, 0.1) is 36.0 Å². The van der Waals surface area contributed by atoms with Crippen molar-refractivity contribution >= 4 is 33.2 Å². The number of aliphatic imine (C=N–C) groups is 2. The molecule has 7 rings (SSSR count). The number of H-pyrrole nitrogens is 2. The molecule has 0 aliphatic carbocycles. The van der Waals surface area contributed by atoms with E-state index in [-0.39, 0.29) is 12.8 Å². The predicted octanol–water partition coefficient (Wildman–Crippen LogP) is 7.62. The minimum atomic E-state index is -2.18. The number of benzene rings is 3. The van der Waals surface area contributed by atoms with Gasteiger partial charge >= 0.3 is 0 Å². The van der Waals surface area contributed by atoms with Gasteiger partial charge in [0.25, 0.3) is 0 Å². The predicted molar refractivity (Wildman–Crippen MR) is 156 cm³/mol. The molecule has 2 aliphatic heterocycles. The van der Waals surface area contributed by atoms with Crippen LogP contribution in [0.15, 0.2) is 46.4 Å². The first kappa shape index (κ1) is 27.4. The molecule has 0 spiro atoms. The van der Waals surface area contributed by atoms with Gasteiger partial charge in [0.15, 0.2) is 23.3 Å². The number of nitrogens with one attached hydrogen (secondary N) is 2. The van der Waals surface area contributed by atoms with Crippen molar-refractivity contribution in [1.29, 1.82) is 0 Å². The average Bonchev–Trinajstić information content (AvgIpc) is 3.57. The molecule has 5 nitrogen and oxygen atoms in total. The fourth-order valence-corrected chi connectivity index (χ4v) is 6.56. The molecule has 0 bridgehead atoms. The van der Waals surface area contributed by atoms with Crippen LogP contribution < -0.4 is 4.74 Å². The summed E-state index contributed by atoms with van der Waals surface area (Å²) in [7, 11) is 1.57. The third kappa shape index (κ3) is 4.42. The van der Waals surface area contributed by atoms with Gasteiger partial charge in [0, 0.05) is 52.4 Å². The van der Waals surface area contributed by atoms with E-state index in [9.17, 15) is 13.2 Å². The normalized spacial score (nSPS) is 15.3. The van der Waals surface area contributed by atoms with E-state index in [1.165, 1.54) is 0 Å². The number of hydrogen-bond donors (Lipinski definition) is 2. The maximum Gasteiger partial charge on any atom is 0.200 e. The molecular formula is C33H27F5N4O. The molecule has 10 heteroatoms. The topological polar surface area (TPSA) is 65.5 Å². The molecule has 0 amide bonds. The number of halogens is 5. The van der Waals surface area contributed by atoms with Crippen LogP contribution in [0.4, 0.5) is 22.0 Å². The Morgan fingerprint density at radius 1 is 0.721 bits per heavy atom. The highest BCUT2D eigenvalue weighted by Gasteiger charge is 2.34. The highest BCUT2D eigenvalue weighted by atomic mass is 19.2. The summed E-state index contributed by atoms with van der Waals surface area (Å²) in [4.78, 5) is 16.1. The van der Waals surface area contributed by atoms with Crippen LogP contribution in [-0.4, -0.2) is 41.6 Å². The fraction of sp³-hybridized carbons (Fsp3) is 0.273. The number of rotatable bonds is 6. The Kier molecular flexibility index (Phi) is 6.59. The Hall–Kier alpha value is -4.47. The first-order valence-corrected chi connectivity index (χ1v) is 14.1. The second-order valence-electron chi connectivity index (χ2n) is 11.2. The second kappa shape index (κ2) is 10.4. The quantitative estimate of drug-likeness (QED) is 0.119. The second-order valence-corrected chi connectivity index (χ2v) is 11.2. The molecule has 4 heterocycles. The molecule has 2 aliphatic rings. The van der Waals surface area contributed by atoms with Crippen LogP contribution in [-0.2, 0) is 12.8 Å². The summed E-state index contributed by atoms with van der Waals surface area (Å²) in [5, 5.41) is 1.99. The lowest BCUT2D eigenvalue weighted by Crippen LogP contribution is -2.22. The van der Waals surface area contributed by atoms with E-state index in [0.717, 1.165) is 44.2 Å². The molecule has 0 fully saturated rings. The Balaban J connectivity index is 1.34. The number of aryl methyl sites for hydroxylation is 1. The average molecular weight is 591 g/mol. The SMILES string of the molecule is COc1ccc2c3c([nH]c2c1)C(CC(CC1=NCCc2c1[nH]c1cc(C)ccc21)c1c(F)c(F)c(F)c(F)c1F)=NCC3. The molecule has 0 saturated carbocycles. The lowest BCUT2D eigenvalue weighted by molar-refractivity contribution is 0.364. The largest absolute Gasteiger partial charge is 0.497 e. The molecule has 0 radical (unpaired) electrons. The van der Waals surface area contributed by atoms with Gasteiger partial charge in [0.05, 0.1) is 29.9 Å². The number of ether oxygens (including phenoxy) is 1. The van der Waals surface area contributed by atoms with Gasteiger partial charge < -0.3 is 14.7 Å². The van der Waals surface area contributed by atoms with Gasteiger partial charge in [0.2, 0.25) is 5.82 Å². The van der Waals surface area contributed by atoms with Crippen LogP contribution in [0.1, 0.15) is 52.4 Å². The van der Waals surface area contributed by atoms with E-state index in [1.54, 1.807) is 7.11 Å². The van der Waals surface area contributed by atoms with Gasteiger partial charge in [-0.05, 0) is 67.5 Å². The van der Waals surface area contributed by atoms with Crippen molar-refractivity contribution in [2.75, 3.05) is 20.2 Å². The van der Waals surface area contributed by atoms with Crippen LogP contribution in [0.5, 0.6) is 5.75 Å². The number of aromatic amines is 2. The molecule has 2 aromatic heterocycles. The minimum absolute atomic E-state index is 0.0560. The highest BCUT2D eigenvalue weighted by Crippen LogP contribution is 2.38. The summed E-state index contributed by atoms with van der Waals surface area (Å²) >= 11 is 0. The monoisotopic (exact) mass is 590 g/mol. The summed E-state index contributed by atoms with van der Waals surface area (Å²) in [6.45, 7) is 2.85. The molecule has 5 aromatic rings. The zero-order valence-corrected chi connectivity index (χ0v) is 23.5. The molecule has 220 valence electrons. The highest BCUT2D eigenvalue weighted by molar-refractivity contribution is 6.09. The maximum absolute atomic E-state index is 15.4. The van der Waals surface area contributed by atoms with E-state index in [0.29, 0.717) is 48.8 Å². The number of aromatic nitrogens is 2. The van der Waals surface area contributed by atoms with E-state index in [4.69, 9.17) is 4.74 Å². The van der Waals surface area contributed by atoms with E-state index >= 15 is 8.78 Å². The Bertz CT molecular complexity index is 1980. The summed E-state index contributed by atoms with van der Waals surface area (Å²) in [5.41, 5.74) is 6.39. The minimum Gasteiger partial charge on any atom is -0.497 e. The molecule has 1 unspecified atom stereocenters. The first-order valence-electron chi connectivity index (χ1n) is 14.1. The van der Waals surface area contributed by atoms with Crippen LogP contribution in [0.3, 0.4) is 0 Å². The van der Waals surface area contributed by atoms with Crippen molar-refractivity contribution < 1.29 is 26.7 Å². The fourth-order valence-electron chi connectivity index (χ4n) is 6.56. The van der Waals surface area contributed by atoms with Gasteiger partial charge in [-0.1, -0.05) is 12.1 Å². The van der Waals surface area contributed by atoms with Crippen molar-refractivity contribution in [2.45, 2.75) is 38.5 Å². The van der Waals surface area contributed by atoms with Crippen LogP contribution in [0.25, 0.3) is 21.8 Å². The molecule has 43 heavy (non-hydrogen) atoms. The van der Waals surface area contributed by atoms with Crippen molar-refractivity contribution in [1.82, 2.24) is 9.97 Å². The van der Waals surface area contributed by atoms with Gasteiger partial charge in [-0.3, -0.25) is 9.98 Å². The molecule has 0 saturated heterocycles. The number of methoxy groups -OCH3 is 1. The third-order valence-corrected chi connectivity index (χ3v) is 8.61. The smallest absolute Gasteiger partial charge is 0.200 e. The molecule has 1 atom stereocenters. The molecule has 3 aromatic carbocycles. The van der Waals surface area contributed by atoms with Gasteiger partial charge in [-0.25, -0.2) is 22.0 Å². The van der Waals surface area contributed by atoms with Gasteiger partial charge in [-0.2, -0.15) is 0 Å². The van der Waals surface area contributed by atoms with Crippen molar-refractivity contribution in [3.05, 3.63) is 99.1 Å². The molecule has 2 N–H and O–H groups in total. The van der Waals surface area contributed by atoms with Crippen molar-refractivity contribution in [2.24, 2.45) is 9.98 Å². The maximum atomic E-state index is 15.4. The zero-order valence-electron chi connectivity index (χ0n) is 23.5. The zero-order chi connectivity index (χ0) is 30.0. The van der Waals surface area contributed by atoms with E-state index in [1.807, 2.05) is 43.3 Å². The lowest BCUT2D eigenvalue weighted by atomic mass is 9.84. The van der Waals surface area contributed by atoms with Gasteiger partial charge in [-0.15, -0.1) is 0 Å². The van der Waals surface area contributed by atoms with Crippen LogP contribution >= 0.6 is 0 Å². The number of hydrogen-bond acceptors (Lipinski definition) is 3. The summed E-state index contributed by atoms with van der Waals surface area (Å²) in [6.07, 6.45) is 1.19. The number of nitrogens with zero attached hydrogens (tertiary/aromatic N) is 2. The summed E-state index contributed by atoms with van der Waals surface area (Å²) in [6, 6.07) is 11.7. The number of fused-ring (bicyclic) bond motifs is 6. The molecular weight excluding hydrogens is 563 g/mol. The Morgan fingerprint density at radius 3 is 1.79 bits per heavy atom. The van der Waals surface area contributed by atoms with E-state index in [2.05, 4.69) is 20.0 Å². The standard InChI is InChI=1S/C33H27F5N4O/c1-15-3-5-18-20-7-9-39-24(32(20)41-22(18)11-15)12-16(26-27(34)29(36)31(38)30(37)28(26)35)13-25-33-21(8-10-40-25)19-6-4-17(43-2)14-23(19)42-33/h3-6,11,14,16,41-42H,7-10,12-13H2,1-2H3. The Labute approximate surface area is 243 Å². The summed E-state index contributed by atoms with van der Waals surface area (Å²) < 4.78 is 79.3. The van der Waals surface area contributed by atoms with Crippen LogP contribution in [0.2, 0.25) is 0 Å². The lowest BCUT2D eigenvalue weighted by Gasteiger charge is -2.24. The van der Waals surface area contributed by atoms with E-state index < -0.39 is 40.6 Å². The third-order valence-electron chi connectivity index (χ3n) is 8.61.